The van der Waals surface area contributed by atoms with Crippen LogP contribution in [0.2, 0.25) is 0 Å². The van der Waals surface area contributed by atoms with E-state index < -0.39 is 11.2 Å². The van der Waals surface area contributed by atoms with Gasteiger partial charge in [-0.25, -0.2) is 14.8 Å². The smallest absolute Gasteiger partial charge is 0.315 e. The fourth-order valence-corrected chi connectivity index (χ4v) is 4.05. The van der Waals surface area contributed by atoms with Crippen molar-refractivity contribution in [2.45, 2.75) is 20.4 Å². The van der Waals surface area contributed by atoms with E-state index in [0.717, 1.165) is 25.9 Å². The molecule has 0 radical (unpaired) electrons. The maximum absolute atomic E-state index is 12.5. The molecule has 1 aromatic carbocycles. The van der Waals surface area contributed by atoms with Crippen molar-refractivity contribution in [1.29, 1.82) is 0 Å². The number of aryl methyl sites for hydroxylation is 3. The summed E-state index contributed by atoms with van der Waals surface area (Å²) in [5.41, 5.74) is 2.59. The Hall–Kier alpha value is -3.27. The van der Waals surface area contributed by atoms with Gasteiger partial charge in [0.2, 0.25) is 5.91 Å². The fourth-order valence-electron chi connectivity index (χ4n) is 3.11. The number of carbonyl (C=O) groups excluding carboxylic acids is 1. The molecule has 1 N–H and O–H groups in total. The first-order chi connectivity index (χ1) is 13.3. The van der Waals surface area contributed by atoms with Gasteiger partial charge in [-0.15, -0.1) is 0 Å². The van der Waals surface area contributed by atoms with Gasteiger partial charge in [-0.2, -0.15) is 0 Å². The fraction of sp³-hybridized carbons (Fsp3) is 0.278. The second kappa shape index (κ2) is 6.41. The summed E-state index contributed by atoms with van der Waals surface area (Å²) in [6.45, 7) is 3.91. The molecule has 10 heteroatoms. The van der Waals surface area contributed by atoms with Crippen molar-refractivity contribution in [2.24, 2.45) is 14.1 Å². The lowest BCUT2D eigenvalue weighted by atomic mass is 10.1. The summed E-state index contributed by atoms with van der Waals surface area (Å²) in [5, 5.41) is 3.28. The summed E-state index contributed by atoms with van der Waals surface area (Å²) in [7, 11) is 2.93. The molecule has 9 nitrogen and oxygen atoms in total. The summed E-state index contributed by atoms with van der Waals surface area (Å²) in [4.78, 5) is 45.6. The molecule has 0 saturated carbocycles. The molecule has 1 amide bonds. The van der Waals surface area contributed by atoms with Crippen LogP contribution in [0.3, 0.4) is 0 Å². The zero-order valence-corrected chi connectivity index (χ0v) is 16.6. The average Bonchev–Trinajstić information content (AvgIpc) is 3.25. The van der Waals surface area contributed by atoms with Crippen molar-refractivity contribution in [3.63, 3.8) is 0 Å². The minimum absolute atomic E-state index is 0.113. The predicted molar refractivity (Wildman–Crippen MR) is 108 cm³/mol. The summed E-state index contributed by atoms with van der Waals surface area (Å²) in [5.74, 6) is -0.330. The number of carbonyl (C=O) groups is 1. The first-order valence-corrected chi connectivity index (χ1v) is 9.37. The van der Waals surface area contributed by atoms with E-state index in [4.69, 9.17) is 0 Å². The quantitative estimate of drug-likeness (QED) is 0.560. The highest BCUT2D eigenvalue weighted by Crippen LogP contribution is 2.29. The standard InChI is InChI=1S/C18H18N6O3S/c1-9-5-6-11-13(10(9)2)21-17(28-11)20-12(25)7-24-8-19-15-14(24)16(26)23(4)18(27)22(15)3/h5-6,8H,7H2,1-4H3,(H,20,21,25). The molecule has 0 aliphatic heterocycles. The van der Waals surface area contributed by atoms with Crippen molar-refractivity contribution < 1.29 is 4.79 Å². The predicted octanol–water partition coefficient (Wildman–Crippen LogP) is 1.30. The van der Waals surface area contributed by atoms with Crippen molar-refractivity contribution >= 4 is 43.8 Å². The number of aromatic nitrogens is 5. The van der Waals surface area contributed by atoms with E-state index in [1.165, 1.54) is 40.9 Å². The molecule has 0 unspecified atom stereocenters. The lowest BCUT2D eigenvalue weighted by Gasteiger charge is -2.06. The lowest BCUT2D eigenvalue weighted by Crippen LogP contribution is -2.37. The normalized spacial score (nSPS) is 11.4. The Morgan fingerprint density at radius 3 is 2.68 bits per heavy atom. The molecule has 4 aromatic rings. The number of anilines is 1. The number of hydrogen-bond acceptors (Lipinski definition) is 6. The van der Waals surface area contributed by atoms with Crippen LogP contribution in [0.1, 0.15) is 11.1 Å². The Kier molecular flexibility index (Phi) is 4.15. The number of fused-ring (bicyclic) bond motifs is 2. The minimum Gasteiger partial charge on any atom is -0.315 e. The maximum Gasteiger partial charge on any atom is 0.332 e. The van der Waals surface area contributed by atoms with E-state index in [1.807, 2.05) is 26.0 Å². The summed E-state index contributed by atoms with van der Waals surface area (Å²) >= 11 is 1.40. The SMILES string of the molecule is Cc1ccc2sc(NC(=O)Cn3cnc4c3c(=O)n(C)c(=O)n4C)nc2c1C. The molecule has 144 valence electrons. The van der Waals surface area contributed by atoms with E-state index in [-0.39, 0.29) is 23.6 Å². The van der Waals surface area contributed by atoms with Crippen molar-refractivity contribution in [2.75, 3.05) is 5.32 Å². The number of imidazole rings is 1. The average molecular weight is 398 g/mol. The third kappa shape index (κ3) is 2.73. The van der Waals surface area contributed by atoms with Crippen molar-refractivity contribution in [3.8, 4) is 0 Å². The van der Waals surface area contributed by atoms with Crippen LogP contribution in [0.5, 0.6) is 0 Å². The number of nitrogens with one attached hydrogen (secondary N) is 1. The molecule has 0 saturated heterocycles. The van der Waals surface area contributed by atoms with Gasteiger partial charge >= 0.3 is 5.69 Å². The van der Waals surface area contributed by atoms with Gasteiger partial charge < -0.3 is 9.88 Å². The van der Waals surface area contributed by atoms with E-state index in [0.29, 0.717) is 5.13 Å². The molecule has 0 spiro atoms. The molecule has 3 heterocycles. The molecule has 4 rings (SSSR count). The van der Waals surface area contributed by atoms with Crippen LogP contribution < -0.4 is 16.6 Å². The lowest BCUT2D eigenvalue weighted by molar-refractivity contribution is -0.116. The highest BCUT2D eigenvalue weighted by atomic mass is 32.1. The summed E-state index contributed by atoms with van der Waals surface area (Å²) < 4.78 is 4.71. The highest BCUT2D eigenvalue weighted by molar-refractivity contribution is 7.22. The molecule has 0 bridgehead atoms. The maximum atomic E-state index is 12.5. The second-order valence-corrected chi connectivity index (χ2v) is 7.70. The first-order valence-electron chi connectivity index (χ1n) is 8.55. The minimum atomic E-state index is -0.491. The Morgan fingerprint density at radius 2 is 1.93 bits per heavy atom. The van der Waals surface area contributed by atoms with E-state index in [9.17, 15) is 14.4 Å². The number of rotatable bonds is 3. The Morgan fingerprint density at radius 1 is 1.18 bits per heavy atom. The van der Waals surface area contributed by atoms with Crippen LogP contribution >= 0.6 is 11.3 Å². The van der Waals surface area contributed by atoms with E-state index in [1.54, 1.807) is 0 Å². The van der Waals surface area contributed by atoms with Crippen molar-refractivity contribution in [1.82, 2.24) is 23.7 Å². The van der Waals surface area contributed by atoms with Gasteiger partial charge in [-0.05, 0) is 31.0 Å². The molecule has 0 aliphatic carbocycles. The van der Waals surface area contributed by atoms with Gasteiger partial charge in [0.1, 0.15) is 6.54 Å². The number of amides is 1. The van der Waals surface area contributed by atoms with Crippen LogP contribution in [0, 0.1) is 13.8 Å². The monoisotopic (exact) mass is 398 g/mol. The molecule has 28 heavy (non-hydrogen) atoms. The van der Waals surface area contributed by atoms with Crippen LogP contribution in [0.15, 0.2) is 28.0 Å². The zero-order valence-electron chi connectivity index (χ0n) is 15.8. The Balaban J connectivity index is 1.65. The highest BCUT2D eigenvalue weighted by Gasteiger charge is 2.17. The van der Waals surface area contributed by atoms with Crippen LogP contribution in [0.4, 0.5) is 5.13 Å². The third-order valence-corrected chi connectivity index (χ3v) is 5.80. The molecule has 0 aliphatic rings. The van der Waals surface area contributed by atoms with E-state index in [2.05, 4.69) is 15.3 Å². The topological polar surface area (TPSA) is 104 Å². The Labute approximate surface area is 162 Å². The number of benzene rings is 1. The Bertz CT molecular complexity index is 1370. The van der Waals surface area contributed by atoms with Crippen molar-refractivity contribution in [3.05, 3.63) is 50.4 Å². The number of nitrogens with zero attached hydrogens (tertiary/aromatic N) is 5. The van der Waals surface area contributed by atoms with Gasteiger partial charge in [-0.1, -0.05) is 17.4 Å². The molecule has 3 aromatic heterocycles. The summed E-state index contributed by atoms with van der Waals surface area (Å²) in [6.07, 6.45) is 1.39. The van der Waals surface area contributed by atoms with Crippen LogP contribution in [-0.2, 0) is 25.4 Å². The summed E-state index contributed by atoms with van der Waals surface area (Å²) in [6, 6.07) is 4.01. The van der Waals surface area contributed by atoms with Gasteiger partial charge in [0.25, 0.3) is 5.56 Å². The van der Waals surface area contributed by atoms with E-state index >= 15 is 0 Å². The largest absolute Gasteiger partial charge is 0.332 e. The third-order valence-electron chi connectivity index (χ3n) is 4.86. The second-order valence-electron chi connectivity index (χ2n) is 6.67. The first kappa shape index (κ1) is 18.1. The van der Waals surface area contributed by atoms with Gasteiger partial charge in [0, 0.05) is 14.1 Å². The van der Waals surface area contributed by atoms with Crippen LogP contribution in [0.25, 0.3) is 21.4 Å². The van der Waals surface area contributed by atoms with Gasteiger partial charge in [0.05, 0.1) is 16.5 Å². The number of hydrogen-bond donors (Lipinski definition) is 1. The van der Waals surface area contributed by atoms with Gasteiger partial charge in [0.15, 0.2) is 16.3 Å². The zero-order chi connectivity index (χ0) is 20.2. The number of thiazole rings is 1. The molecular formula is C18H18N6O3S. The van der Waals surface area contributed by atoms with Crippen LogP contribution in [-0.4, -0.2) is 29.6 Å². The molecule has 0 fully saturated rings. The molecule has 0 atom stereocenters. The van der Waals surface area contributed by atoms with Gasteiger partial charge in [-0.3, -0.25) is 18.7 Å². The molecular weight excluding hydrogens is 380 g/mol.